The average molecular weight is 520 g/mol. The molecule has 1 aromatic heterocycles. The zero-order valence-corrected chi connectivity index (χ0v) is 22.0. The molecule has 0 spiro atoms. The first kappa shape index (κ1) is 28.2. The molecule has 9 nitrogen and oxygen atoms in total. The van der Waals surface area contributed by atoms with Gasteiger partial charge in [-0.1, -0.05) is 44.2 Å². The highest BCUT2D eigenvalue weighted by Gasteiger charge is 2.22. The molecule has 0 saturated heterocycles. The Morgan fingerprint density at radius 3 is 2.45 bits per heavy atom. The van der Waals surface area contributed by atoms with E-state index in [2.05, 4.69) is 15.8 Å². The van der Waals surface area contributed by atoms with E-state index in [1.807, 2.05) is 39.0 Å². The Morgan fingerprint density at radius 2 is 1.76 bits per heavy atom. The van der Waals surface area contributed by atoms with Gasteiger partial charge in [-0.2, -0.15) is 5.10 Å². The first-order valence-corrected chi connectivity index (χ1v) is 12.4. The lowest BCUT2D eigenvalue weighted by molar-refractivity contribution is -0.130. The van der Waals surface area contributed by atoms with E-state index >= 15 is 0 Å². The number of benzene rings is 2. The Hall–Kier alpha value is -4.40. The van der Waals surface area contributed by atoms with Gasteiger partial charge in [-0.3, -0.25) is 9.59 Å². The summed E-state index contributed by atoms with van der Waals surface area (Å²) in [7, 11) is 0. The van der Waals surface area contributed by atoms with Crippen molar-refractivity contribution in [2.75, 3.05) is 13.2 Å². The van der Waals surface area contributed by atoms with Crippen molar-refractivity contribution in [1.82, 2.24) is 10.7 Å². The maximum absolute atomic E-state index is 12.7. The molecule has 3 rings (SSSR count). The number of hydrogen-bond acceptors (Lipinski definition) is 7. The van der Waals surface area contributed by atoms with E-state index in [1.165, 1.54) is 6.21 Å². The summed E-state index contributed by atoms with van der Waals surface area (Å²) in [4.78, 5) is 37.0. The highest BCUT2D eigenvalue weighted by molar-refractivity contribution is 5.90. The SMILES string of the molecule is CCOC(=O)c1ccc(-c2ccc(/C=N\NC(=O)[C@@H](CC(C)C)NC(=O)COc3ccccc3C)o2)cc1. The van der Waals surface area contributed by atoms with E-state index in [4.69, 9.17) is 13.9 Å². The van der Waals surface area contributed by atoms with E-state index in [-0.39, 0.29) is 18.5 Å². The molecule has 38 heavy (non-hydrogen) atoms. The van der Waals surface area contributed by atoms with Gasteiger partial charge in [0.1, 0.15) is 23.3 Å². The van der Waals surface area contributed by atoms with Crippen LogP contribution in [0.2, 0.25) is 0 Å². The third-order valence-electron chi connectivity index (χ3n) is 5.49. The number of amides is 2. The number of carbonyl (C=O) groups excluding carboxylic acids is 3. The normalized spacial score (nSPS) is 11.8. The van der Waals surface area contributed by atoms with Gasteiger partial charge in [0.25, 0.3) is 11.8 Å². The molecule has 0 aliphatic heterocycles. The molecular weight excluding hydrogens is 486 g/mol. The lowest BCUT2D eigenvalue weighted by atomic mass is 10.0. The maximum Gasteiger partial charge on any atom is 0.338 e. The smallest absolute Gasteiger partial charge is 0.338 e. The minimum absolute atomic E-state index is 0.162. The lowest BCUT2D eigenvalue weighted by Gasteiger charge is -2.19. The van der Waals surface area contributed by atoms with Crippen molar-refractivity contribution in [3.63, 3.8) is 0 Å². The standard InChI is InChI=1S/C29H33N3O6/c1-5-36-29(35)22-12-10-21(11-13-22)26-15-14-23(38-26)17-30-32-28(34)24(16-19(2)3)31-27(33)18-37-25-9-7-6-8-20(25)4/h6-15,17,19,24H,5,16,18H2,1-4H3,(H,31,33)(H,32,34)/b30-17-/t24-/m1/s1. The molecule has 0 saturated carbocycles. The summed E-state index contributed by atoms with van der Waals surface area (Å²) in [6.45, 7) is 7.68. The molecule has 2 amide bonds. The van der Waals surface area contributed by atoms with Crippen LogP contribution in [0, 0.1) is 12.8 Å². The largest absolute Gasteiger partial charge is 0.484 e. The molecule has 200 valence electrons. The molecule has 1 atom stereocenters. The van der Waals surface area contributed by atoms with Gasteiger partial charge in [0.05, 0.1) is 18.4 Å². The van der Waals surface area contributed by atoms with E-state index in [9.17, 15) is 14.4 Å². The number of hydrogen-bond donors (Lipinski definition) is 2. The predicted octanol–water partition coefficient (Wildman–Crippen LogP) is 4.49. The van der Waals surface area contributed by atoms with Crippen LogP contribution in [0.25, 0.3) is 11.3 Å². The number of carbonyl (C=O) groups is 3. The summed E-state index contributed by atoms with van der Waals surface area (Å²) in [6.07, 6.45) is 1.81. The Kier molecular flexibility index (Phi) is 10.2. The van der Waals surface area contributed by atoms with Gasteiger partial charge in [-0.15, -0.1) is 0 Å². The Bertz CT molecular complexity index is 1260. The zero-order chi connectivity index (χ0) is 27.5. The lowest BCUT2D eigenvalue weighted by Crippen LogP contribution is -2.47. The number of rotatable bonds is 12. The first-order chi connectivity index (χ1) is 18.3. The summed E-state index contributed by atoms with van der Waals surface area (Å²) in [5.41, 5.74) is 4.61. The van der Waals surface area contributed by atoms with Crippen LogP contribution in [0.15, 0.2) is 70.2 Å². The number of furan rings is 1. The Morgan fingerprint density at radius 1 is 1.03 bits per heavy atom. The van der Waals surface area contributed by atoms with E-state index in [0.717, 1.165) is 11.1 Å². The van der Waals surface area contributed by atoms with Gasteiger partial charge in [0, 0.05) is 5.56 Å². The van der Waals surface area contributed by atoms with Crippen LogP contribution in [0.4, 0.5) is 0 Å². The van der Waals surface area contributed by atoms with Crippen molar-refractivity contribution < 1.29 is 28.3 Å². The number of nitrogens with one attached hydrogen (secondary N) is 2. The van der Waals surface area contributed by atoms with Crippen molar-refractivity contribution in [1.29, 1.82) is 0 Å². The summed E-state index contributed by atoms with van der Waals surface area (Å²) in [5, 5.41) is 6.71. The quantitative estimate of drug-likeness (QED) is 0.207. The zero-order valence-electron chi connectivity index (χ0n) is 22.0. The van der Waals surface area contributed by atoms with Crippen LogP contribution in [0.5, 0.6) is 5.75 Å². The average Bonchev–Trinajstić information content (AvgIpc) is 3.36. The first-order valence-electron chi connectivity index (χ1n) is 12.4. The van der Waals surface area contributed by atoms with Crippen molar-refractivity contribution in [2.45, 2.75) is 40.2 Å². The van der Waals surface area contributed by atoms with E-state index in [0.29, 0.717) is 35.9 Å². The van der Waals surface area contributed by atoms with Gasteiger partial charge < -0.3 is 19.2 Å². The topological polar surface area (TPSA) is 119 Å². The predicted molar refractivity (Wildman–Crippen MR) is 144 cm³/mol. The monoisotopic (exact) mass is 519 g/mol. The number of nitrogens with zero attached hydrogens (tertiary/aromatic N) is 1. The number of ether oxygens (including phenoxy) is 2. The third kappa shape index (κ3) is 8.33. The maximum atomic E-state index is 12.7. The summed E-state index contributed by atoms with van der Waals surface area (Å²) < 4.78 is 16.3. The van der Waals surface area contributed by atoms with Crippen molar-refractivity contribution in [3.05, 3.63) is 77.6 Å². The van der Waals surface area contributed by atoms with Gasteiger partial charge >= 0.3 is 5.97 Å². The van der Waals surface area contributed by atoms with Gasteiger partial charge in [0.2, 0.25) is 0 Å². The van der Waals surface area contributed by atoms with Crippen molar-refractivity contribution in [2.24, 2.45) is 11.0 Å². The number of para-hydroxylation sites is 1. The summed E-state index contributed by atoms with van der Waals surface area (Å²) in [6, 6.07) is 16.9. The van der Waals surface area contributed by atoms with Crippen molar-refractivity contribution in [3.8, 4) is 17.1 Å². The number of esters is 1. The van der Waals surface area contributed by atoms with Crippen molar-refractivity contribution >= 4 is 24.0 Å². The molecule has 0 fully saturated rings. The second-order valence-electron chi connectivity index (χ2n) is 9.04. The molecule has 0 radical (unpaired) electrons. The van der Waals surface area contributed by atoms with Crippen LogP contribution < -0.4 is 15.5 Å². The Balaban J connectivity index is 1.55. The van der Waals surface area contributed by atoms with Crippen LogP contribution in [-0.4, -0.2) is 43.3 Å². The Labute approximate surface area is 222 Å². The fourth-order valence-electron chi connectivity index (χ4n) is 3.60. The fraction of sp³-hybridized carbons (Fsp3) is 0.310. The molecular formula is C29H33N3O6. The molecule has 0 aliphatic carbocycles. The second kappa shape index (κ2) is 13.8. The highest BCUT2D eigenvalue weighted by atomic mass is 16.5. The minimum atomic E-state index is -0.773. The molecule has 2 aromatic carbocycles. The van der Waals surface area contributed by atoms with Crippen LogP contribution in [0.3, 0.4) is 0 Å². The molecule has 9 heteroatoms. The third-order valence-corrected chi connectivity index (χ3v) is 5.49. The van der Waals surface area contributed by atoms with E-state index in [1.54, 1.807) is 49.4 Å². The molecule has 1 heterocycles. The van der Waals surface area contributed by atoms with Gasteiger partial charge in [-0.25, -0.2) is 10.2 Å². The summed E-state index contributed by atoms with van der Waals surface area (Å²) >= 11 is 0. The second-order valence-corrected chi connectivity index (χ2v) is 9.04. The highest BCUT2D eigenvalue weighted by Crippen LogP contribution is 2.22. The number of aryl methyl sites for hydroxylation is 1. The van der Waals surface area contributed by atoms with Crippen LogP contribution in [0.1, 0.15) is 48.9 Å². The molecule has 0 aliphatic rings. The number of hydrazone groups is 1. The summed E-state index contributed by atoms with van der Waals surface area (Å²) in [5.74, 6) is 0.550. The van der Waals surface area contributed by atoms with Gasteiger partial charge in [-0.05, 0) is 62.1 Å². The van der Waals surface area contributed by atoms with Gasteiger partial charge in [0.15, 0.2) is 6.61 Å². The molecule has 0 unspecified atom stereocenters. The molecule has 3 aromatic rings. The molecule has 2 N–H and O–H groups in total. The van der Waals surface area contributed by atoms with Crippen LogP contribution >= 0.6 is 0 Å². The van der Waals surface area contributed by atoms with Crippen LogP contribution in [-0.2, 0) is 14.3 Å². The molecule has 0 bridgehead atoms. The van der Waals surface area contributed by atoms with E-state index < -0.39 is 17.9 Å². The minimum Gasteiger partial charge on any atom is -0.484 e. The fourth-order valence-corrected chi connectivity index (χ4v) is 3.60.